The average Bonchev–Trinajstić information content (AvgIpc) is 3.49. The summed E-state index contributed by atoms with van der Waals surface area (Å²) < 4.78 is 48.0. The summed E-state index contributed by atoms with van der Waals surface area (Å²) in [4.78, 5) is 49.5. The van der Waals surface area contributed by atoms with Gasteiger partial charge in [0.1, 0.15) is 5.75 Å². The van der Waals surface area contributed by atoms with Crippen LogP contribution in [-0.2, 0) is 20.9 Å². The van der Waals surface area contributed by atoms with E-state index in [1.807, 2.05) is 0 Å². The summed E-state index contributed by atoms with van der Waals surface area (Å²) in [5.74, 6) is -3.16. The molecule has 2 amide bonds. The molecule has 2 aliphatic heterocycles. The Labute approximate surface area is 232 Å². The molecule has 11 nitrogen and oxygen atoms in total. The molecule has 1 saturated heterocycles. The molecule has 2 N–H and O–H groups in total. The number of nitrogens with zero attached hydrogens (tertiary/aromatic N) is 2. The van der Waals surface area contributed by atoms with Crippen LogP contribution < -0.4 is 14.2 Å². The van der Waals surface area contributed by atoms with Crippen LogP contribution in [0.3, 0.4) is 0 Å². The summed E-state index contributed by atoms with van der Waals surface area (Å²) in [7, 11) is 2.96. The van der Waals surface area contributed by atoms with E-state index in [4.69, 9.17) is 24.1 Å². The summed E-state index contributed by atoms with van der Waals surface area (Å²) in [6.45, 7) is 1.54. The molecule has 41 heavy (non-hydrogen) atoms. The number of halogens is 3. The molecule has 0 bridgehead atoms. The summed E-state index contributed by atoms with van der Waals surface area (Å²) in [5.41, 5.74) is 1.37. The molecular weight excluding hydrogens is 553 g/mol. The third kappa shape index (κ3) is 7.68. The Kier molecular flexibility index (Phi) is 9.81. The maximum absolute atomic E-state index is 13.3. The second-order valence-electron chi connectivity index (χ2n) is 8.85. The highest BCUT2D eigenvalue weighted by molar-refractivity contribution is 6.17. The number of rotatable bonds is 7. The van der Waals surface area contributed by atoms with Crippen molar-refractivity contribution in [3.05, 3.63) is 59.3 Å². The number of carbonyl (C=O) groups excluding carboxylic acids is 2. The molecule has 2 heterocycles. The highest BCUT2D eigenvalue weighted by atomic mass is 19.4. The zero-order valence-electron chi connectivity index (χ0n) is 22.1. The van der Waals surface area contributed by atoms with Gasteiger partial charge >= 0.3 is 18.1 Å². The number of ether oxygens (including phenoxy) is 3. The lowest BCUT2D eigenvalue weighted by molar-refractivity contribution is -0.192. The number of carboxylic acids is 2. The van der Waals surface area contributed by atoms with Gasteiger partial charge in [-0.2, -0.15) is 13.2 Å². The lowest BCUT2D eigenvalue weighted by atomic mass is 9.95. The van der Waals surface area contributed by atoms with Crippen LogP contribution in [0.15, 0.2) is 42.6 Å². The molecule has 0 spiro atoms. The Hall–Kier alpha value is -4.75. The van der Waals surface area contributed by atoms with E-state index >= 15 is 0 Å². The second-order valence-corrected chi connectivity index (χ2v) is 8.85. The summed E-state index contributed by atoms with van der Waals surface area (Å²) in [6.07, 6.45) is -1.76. The lowest BCUT2D eigenvalue weighted by Crippen LogP contribution is -2.32. The van der Waals surface area contributed by atoms with Crippen LogP contribution in [0.4, 0.5) is 13.2 Å². The Morgan fingerprint density at radius 3 is 2.12 bits per heavy atom. The minimum Gasteiger partial charge on any atom is -0.493 e. The van der Waals surface area contributed by atoms with E-state index in [9.17, 15) is 32.7 Å². The minimum atomic E-state index is -5.08. The number of carbonyl (C=O) groups is 4. The molecule has 220 valence electrons. The van der Waals surface area contributed by atoms with E-state index in [1.165, 1.54) is 25.3 Å². The van der Waals surface area contributed by atoms with Crippen LogP contribution in [0.25, 0.3) is 5.57 Å². The summed E-state index contributed by atoms with van der Waals surface area (Å²) in [6, 6.07) is 9.79. The number of aliphatic carboxylic acids is 2. The fraction of sp³-hybridized carbons (Fsp3) is 0.333. The van der Waals surface area contributed by atoms with Gasteiger partial charge in [-0.3, -0.25) is 9.59 Å². The lowest BCUT2D eigenvalue weighted by Gasteiger charge is -2.27. The van der Waals surface area contributed by atoms with Crippen molar-refractivity contribution in [2.45, 2.75) is 25.6 Å². The number of benzene rings is 2. The SMILES string of the molecule is COc1cc2c(cc1OC)C(C(=O)O)=CN(C(=O)c1cccc(OCC(=O)N3CCCC3)c1)C2.O=C(O)C(F)(F)F. The minimum absolute atomic E-state index is 0.0285. The van der Waals surface area contributed by atoms with Crippen molar-refractivity contribution >= 4 is 29.3 Å². The molecule has 4 rings (SSSR count). The van der Waals surface area contributed by atoms with Crippen LogP contribution >= 0.6 is 0 Å². The molecule has 0 unspecified atom stereocenters. The first-order chi connectivity index (χ1) is 19.3. The molecule has 0 radical (unpaired) electrons. The third-order valence-electron chi connectivity index (χ3n) is 6.16. The van der Waals surface area contributed by atoms with Gasteiger partial charge in [-0.15, -0.1) is 0 Å². The standard InChI is InChI=1S/C25H26N2O7.C2HF3O2/c1-32-21-11-17-13-27(14-20(25(30)31)19(17)12-22(21)33-2)24(29)16-6-5-7-18(10-16)34-15-23(28)26-8-3-4-9-26;3-2(4,5)1(6)7/h5-7,10-12,14H,3-4,8-9,13,15H2,1-2H3,(H,30,31);(H,6,7). The zero-order valence-corrected chi connectivity index (χ0v) is 22.1. The van der Waals surface area contributed by atoms with E-state index in [-0.39, 0.29) is 24.6 Å². The highest BCUT2D eigenvalue weighted by Crippen LogP contribution is 2.37. The molecule has 1 fully saturated rings. The Bertz CT molecular complexity index is 1350. The summed E-state index contributed by atoms with van der Waals surface area (Å²) in [5, 5.41) is 16.9. The molecule has 0 saturated carbocycles. The second kappa shape index (κ2) is 13.1. The maximum Gasteiger partial charge on any atom is 0.490 e. The first-order valence-corrected chi connectivity index (χ1v) is 12.2. The van der Waals surface area contributed by atoms with Crippen LogP contribution in [0, 0.1) is 0 Å². The number of methoxy groups -OCH3 is 2. The van der Waals surface area contributed by atoms with E-state index in [0.717, 1.165) is 25.9 Å². The fourth-order valence-electron chi connectivity index (χ4n) is 4.15. The van der Waals surface area contributed by atoms with Gasteiger partial charge < -0.3 is 34.2 Å². The molecule has 0 atom stereocenters. The van der Waals surface area contributed by atoms with E-state index in [2.05, 4.69) is 0 Å². The number of carboxylic acid groups (broad SMARTS) is 2. The van der Waals surface area contributed by atoms with Gasteiger partial charge in [0.2, 0.25) is 0 Å². The molecule has 2 aliphatic rings. The largest absolute Gasteiger partial charge is 0.493 e. The van der Waals surface area contributed by atoms with Crippen LogP contribution in [-0.4, -0.2) is 83.9 Å². The normalized spacial score (nSPS) is 14.2. The first kappa shape index (κ1) is 30.8. The maximum atomic E-state index is 13.3. The van der Waals surface area contributed by atoms with Gasteiger partial charge in [-0.1, -0.05) is 6.07 Å². The van der Waals surface area contributed by atoms with Crippen molar-refractivity contribution < 1.29 is 56.8 Å². The van der Waals surface area contributed by atoms with Crippen molar-refractivity contribution in [1.29, 1.82) is 0 Å². The Morgan fingerprint density at radius 2 is 1.56 bits per heavy atom. The number of hydrogen-bond acceptors (Lipinski definition) is 7. The average molecular weight is 581 g/mol. The van der Waals surface area contributed by atoms with Gasteiger partial charge in [-0.05, 0) is 54.3 Å². The summed E-state index contributed by atoms with van der Waals surface area (Å²) >= 11 is 0. The van der Waals surface area contributed by atoms with Gasteiger partial charge in [-0.25, -0.2) is 9.59 Å². The molecule has 14 heteroatoms. The number of likely N-dealkylation sites (tertiary alicyclic amines) is 1. The van der Waals surface area contributed by atoms with Crippen molar-refractivity contribution in [1.82, 2.24) is 9.80 Å². The van der Waals surface area contributed by atoms with Gasteiger partial charge in [0.05, 0.1) is 26.3 Å². The van der Waals surface area contributed by atoms with Crippen LogP contribution in [0.2, 0.25) is 0 Å². The van der Waals surface area contributed by atoms with Crippen molar-refractivity contribution in [2.24, 2.45) is 0 Å². The van der Waals surface area contributed by atoms with E-state index in [1.54, 1.807) is 41.3 Å². The predicted octanol–water partition coefficient (Wildman–Crippen LogP) is 3.42. The molecular formula is C27H27F3N2O9. The number of fused-ring (bicyclic) bond motifs is 1. The smallest absolute Gasteiger partial charge is 0.490 e. The predicted molar refractivity (Wildman–Crippen MR) is 136 cm³/mol. The Morgan fingerprint density at radius 1 is 0.951 bits per heavy atom. The molecule has 0 aromatic heterocycles. The first-order valence-electron chi connectivity index (χ1n) is 12.2. The van der Waals surface area contributed by atoms with Crippen molar-refractivity contribution in [3.8, 4) is 17.2 Å². The fourth-order valence-corrected chi connectivity index (χ4v) is 4.15. The van der Waals surface area contributed by atoms with Crippen LogP contribution in [0.1, 0.15) is 34.3 Å². The Balaban J connectivity index is 0.000000587. The molecule has 2 aromatic carbocycles. The molecule has 2 aromatic rings. The monoisotopic (exact) mass is 580 g/mol. The number of amides is 2. The molecule has 0 aliphatic carbocycles. The highest BCUT2D eigenvalue weighted by Gasteiger charge is 2.38. The van der Waals surface area contributed by atoms with Crippen molar-refractivity contribution in [2.75, 3.05) is 33.9 Å². The quantitative estimate of drug-likeness (QED) is 0.504. The van der Waals surface area contributed by atoms with Gasteiger partial charge in [0.15, 0.2) is 18.1 Å². The van der Waals surface area contributed by atoms with E-state index < -0.39 is 24.0 Å². The van der Waals surface area contributed by atoms with Gasteiger partial charge in [0, 0.05) is 24.9 Å². The number of hydrogen-bond donors (Lipinski definition) is 2. The number of alkyl halides is 3. The third-order valence-corrected chi connectivity index (χ3v) is 6.16. The van der Waals surface area contributed by atoms with Crippen molar-refractivity contribution in [3.63, 3.8) is 0 Å². The van der Waals surface area contributed by atoms with Crippen LogP contribution in [0.5, 0.6) is 17.2 Å². The van der Waals surface area contributed by atoms with Gasteiger partial charge in [0.25, 0.3) is 11.8 Å². The van der Waals surface area contributed by atoms with E-state index in [0.29, 0.717) is 33.9 Å². The zero-order chi connectivity index (χ0) is 30.3. The topological polar surface area (TPSA) is 143 Å².